The molecule has 1 aliphatic heterocycles. The van der Waals surface area contributed by atoms with Crippen LogP contribution in [0.4, 0.5) is 4.79 Å². The van der Waals surface area contributed by atoms with Crippen molar-refractivity contribution in [1.29, 1.82) is 0 Å². The number of hydrogen-bond acceptors (Lipinski definition) is 3. The van der Waals surface area contributed by atoms with Crippen LogP contribution in [0.1, 0.15) is 37.7 Å². The van der Waals surface area contributed by atoms with Crippen molar-refractivity contribution in [2.24, 2.45) is 0 Å². The Morgan fingerprint density at radius 2 is 2.00 bits per heavy atom. The van der Waals surface area contributed by atoms with Crippen LogP contribution in [0, 0.1) is 0 Å². The lowest BCUT2D eigenvalue weighted by Gasteiger charge is -2.35. The molecule has 4 amide bonds. The van der Waals surface area contributed by atoms with Crippen LogP contribution in [0.2, 0.25) is 5.02 Å². The number of nitrogens with zero attached hydrogens (tertiary/aromatic N) is 2. The van der Waals surface area contributed by atoms with Gasteiger partial charge in [0.15, 0.2) is 0 Å². The molecule has 2 aliphatic rings. The van der Waals surface area contributed by atoms with Crippen molar-refractivity contribution < 1.29 is 14.4 Å². The summed E-state index contributed by atoms with van der Waals surface area (Å²) in [6, 6.07) is 5.26. The van der Waals surface area contributed by atoms with E-state index in [-0.39, 0.29) is 24.4 Å². The molecule has 2 N–H and O–H groups in total. The zero-order valence-electron chi connectivity index (χ0n) is 16.5. The summed E-state index contributed by atoms with van der Waals surface area (Å²) in [4.78, 5) is 43.8. The number of carbonyl (C=O) groups is 3. The molecule has 2 fully saturated rings. The SMILES string of the molecule is CN1C(=O)N(CC(=O)NCCc2c[nH]c3ccc(Cl)cc23)C(=O)C12CCCCC2. The number of benzene rings is 1. The van der Waals surface area contributed by atoms with E-state index in [0.717, 1.165) is 40.6 Å². The maximum absolute atomic E-state index is 12.9. The lowest BCUT2D eigenvalue weighted by Crippen LogP contribution is -2.49. The zero-order chi connectivity index (χ0) is 20.6. The number of likely N-dealkylation sites (N-methyl/N-ethyl adjacent to an activating group) is 1. The largest absolute Gasteiger partial charge is 0.361 e. The van der Waals surface area contributed by atoms with Crippen molar-refractivity contribution in [3.8, 4) is 0 Å². The molecule has 29 heavy (non-hydrogen) atoms. The summed E-state index contributed by atoms with van der Waals surface area (Å²) < 4.78 is 0. The molecule has 154 valence electrons. The molecule has 1 spiro atoms. The number of halogens is 1. The summed E-state index contributed by atoms with van der Waals surface area (Å²) in [6.07, 6.45) is 6.82. The maximum Gasteiger partial charge on any atom is 0.327 e. The first-order chi connectivity index (χ1) is 13.9. The number of hydrogen-bond donors (Lipinski definition) is 2. The number of amides is 4. The second kappa shape index (κ2) is 7.71. The first-order valence-electron chi connectivity index (χ1n) is 10.0. The van der Waals surface area contributed by atoms with Gasteiger partial charge in [0.25, 0.3) is 5.91 Å². The van der Waals surface area contributed by atoms with Gasteiger partial charge in [-0.15, -0.1) is 0 Å². The number of rotatable bonds is 5. The molecule has 2 heterocycles. The number of aromatic amines is 1. The van der Waals surface area contributed by atoms with Crippen LogP contribution in [0.15, 0.2) is 24.4 Å². The first-order valence-corrected chi connectivity index (χ1v) is 10.4. The van der Waals surface area contributed by atoms with E-state index in [0.29, 0.717) is 30.8 Å². The average Bonchev–Trinajstić information content (AvgIpc) is 3.18. The van der Waals surface area contributed by atoms with Gasteiger partial charge in [0.2, 0.25) is 5.91 Å². The predicted octanol–water partition coefficient (Wildman–Crippen LogP) is 3.08. The third kappa shape index (κ3) is 3.48. The average molecular weight is 417 g/mol. The van der Waals surface area contributed by atoms with Crippen LogP contribution < -0.4 is 5.32 Å². The Labute approximate surface area is 174 Å². The minimum atomic E-state index is -0.751. The van der Waals surface area contributed by atoms with Crippen LogP contribution in [-0.4, -0.2) is 58.3 Å². The lowest BCUT2D eigenvalue weighted by atomic mass is 9.81. The monoisotopic (exact) mass is 416 g/mol. The second-order valence-electron chi connectivity index (χ2n) is 7.93. The Balaban J connectivity index is 1.35. The summed E-state index contributed by atoms with van der Waals surface area (Å²) in [7, 11) is 1.67. The lowest BCUT2D eigenvalue weighted by molar-refractivity contribution is -0.137. The number of urea groups is 1. The molecule has 4 rings (SSSR count). The number of nitrogens with one attached hydrogen (secondary N) is 2. The van der Waals surface area contributed by atoms with E-state index < -0.39 is 5.54 Å². The molecule has 1 aromatic carbocycles. The first kappa shape index (κ1) is 19.8. The van der Waals surface area contributed by atoms with E-state index in [2.05, 4.69) is 10.3 Å². The molecular weight excluding hydrogens is 392 g/mol. The quantitative estimate of drug-likeness (QED) is 0.734. The zero-order valence-corrected chi connectivity index (χ0v) is 17.2. The van der Waals surface area contributed by atoms with E-state index in [1.54, 1.807) is 7.05 Å². The molecule has 8 heteroatoms. The summed E-state index contributed by atoms with van der Waals surface area (Å²) in [6.45, 7) is 0.180. The Kier molecular flexibility index (Phi) is 5.25. The van der Waals surface area contributed by atoms with Crippen LogP contribution in [0.3, 0.4) is 0 Å². The van der Waals surface area contributed by atoms with Crippen LogP contribution >= 0.6 is 11.6 Å². The molecule has 1 aromatic heterocycles. The fraction of sp³-hybridized carbons (Fsp3) is 0.476. The highest BCUT2D eigenvalue weighted by atomic mass is 35.5. The molecule has 0 bridgehead atoms. The smallest absolute Gasteiger partial charge is 0.327 e. The van der Waals surface area contributed by atoms with Gasteiger partial charge in [0.1, 0.15) is 12.1 Å². The van der Waals surface area contributed by atoms with E-state index >= 15 is 0 Å². The van der Waals surface area contributed by atoms with Gasteiger partial charge in [0.05, 0.1) is 0 Å². The minimum Gasteiger partial charge on any atom is -0.361 e. The number of aromatic nitrogens is 1. The van der Waals surface area contributed by atoms with Crippen molar-refractivity contribution in [2.75, 3.05) is 20.1 Å². The fourth-order valence-electron chi connectivity index (χ4n) is 4.56. The van der Waals surface area contributed by atoms with Crippen LogP contribution in [0.5, 0.6) is 0 Å². The molecule has 0 unspecified atom stereocenters. The van der Waals surface area contributed by atoms with Crippen molar-refractivity contribution >= 4 is 40.3 Å². The van der Waals surface area contributed by atoms with E-state index in [4.69, 9.17) is 11.6 Å². The summed E-state index contributed by atoms with van der Waals surface area (Å²) in [5, 5.41) is 4.51. The maximum atomic E-state index is 12.9. The Morgan fingerprint density at radius 1 is 1.24 bits per heavy atom. The fourth-order valence-corrected chi connectivity index (χ4v) is 4.74. The van der Waals surface area contributed by atoms with E-state index in [9.17, 15) is 14.4 Å². The van der Waals surface area contributed by atoms with Crippen molar-refractivity contribution in [3.05, 3.63) is 35.0 Å². The van der Waals surface area contributed by atoms with Crippen molar-refractivity contribution in [1.82, 2.24) is 20.1 Å². The second-order valence-corrected chi connectivity index (χ2v) is 8.37. The highest BCUT2D eigenvalue weighted by molar-refractivity contribution is 6.31. The van der Waals surface area contributed by atoms with Gasteiger partial charge in [-0.25, -0.2) is 4.79 Å². The highest BCUT2D eigenvalue weighted by Gasteiger charge is 2.55. The summed E-state index contributed by atoms with van der Waals surface area (Å²) in [5.41, 5.74) is 1.29. The third-order valence-corrected chi connectivity index (χ3v) is 6.47. The molecule has 0 atom stereocenters. The number of fused-ring (bicyclic) bond motifs is 1. The molecular formula is C21H25ClN4O3. The molecule has 0 radical (unpaired) electrons. The number of carbonyl (C=O) groups excluding carboxylic acids is 3. The normalized spacial score (nSPS) is 18.8. The third-order valence-electron chi connectivity index (χ3n) is 6.23. The Hall–Kier alpha value is -2.54. The highest BCUT2D eigenvalue weighted by Crippen LogP contribution is 2.39. The van der Waals surface area contributed by atoms with Crippen LogP contribution in [0.25, 0.3) is 10.9 Å². The van der Waals surface area contributed by atoms with Gasteiger partial charge in [0, 0.05) is 35.7 Å². The summed E-state index contributed by atoms with van der Waals surface area (Å²) >= 11 is 6.07. The van der Waals surface area contributed by atoms with Gasteiger partial charge in [-0.05, 0) is 43.0 Å². The number of H-pyrrole nitrogens is 1. The van der Waals surface area contributed by atoms with Gasteiger partial charge >= 0.3 is 6.03 Å². The van der Waals surface area contributed by atoms with Crippen LogP contribution in [-0.2, 0) is 16.0 Å². The topological polar surface area (TPSA) is 85.5 Å². The van der Waals surface area contributed by atoms with Crippen molar-refractivity contribution in [3.63, 3.8) is 0 Å². The molecule has 2 aromatic rings. The minimum absolute atomic E-state index is 0.230. The predicted molar refractivity (Wildman–Crippen MR) is 111 cm³/mol. The van der Waals surface area contributed by atoms with Gasteiger partial charge in [-0.3, -0.25) is 14.5 Å². The summed E-state index contributed by atoms with van der Waals surface area (Å²) in [5.74, 6) is -0.558. The number of imide groups is 1. The molecule has 1 saturated carbocycles. The molecule has 1 aliphatic carbocycles. The van der Waals surface area contributed by atoms with Gasteiger partial charge in [-0.1, -0.05) is 30.9 Å². The van der Waals surface area contributed by atoms with Gasteiger partial charge in [-0.2, -0.15) is 0 Å². The van der Waals surface area contributed by atoms with Crippen molar-refractivity contribution in [2.45, 2.75) is 44.1 Å². The van der Waals surface area contributed by atoms with E-state index in [1.807, 2.05) is 24.4 Å². The van der Waals surface area contributed by atoms with E-state index in [1.165, 1.54) is 4.90 Å². The Morgan fingerprint density at radius 3 is 2.76 bits per heavy atom. The molecule has 7 nitrogen and oxygen atoms in total. The van der Waals surface area contributed by atoms with Gasteiger partial charge < -0.3 is 15.2 Å². The standard InChI is InChI=1S/C21H25ClN4O3/c1-25-20(29)26(19(28)21(25)8-3-2-4-9-21)13-18(27)23-10-7-14-12-24-17-6-5-15(22)11-16(14)17/h5-6,11-12,24H,2-4,7-10,13H2,1H3,(H,23,27). The Bertz CT molecular complexity index is 964. The molecule has 1 saturated heterocycles.